The summed E-state index contributed by atoms with van der Waals surface area (Å²) < 4.78 is 51.6. The van der Waals surface area contributed by atoms with E-state index < -0.39 is 15.8 Å². The Morgan fingerprint density at radius 3 is 2.64 bits per heavy atom. The predicted octanol–water partition coefficient (Wildman–Crippen LogP) is 1.69. The van der Waals surface area contributed by atoms with E-state index >= 15 is 0 Å². The molecular weight excluding hydrogens is 309 g/mol. The molecule has 1 heterocycles. The minimum atomic E-state index is -3.68. The van der Waals surface area contributed by atoms with Crippen LogP contribution in [0.15, 0.2) is 29.2 Å². The summed E-state index contributed by atoms with van der Waals surface area (Å²) in [6, 6.07) is 4.48. The van der Waals surface area contributed by atoms with Crippen LogP contribution in [0.4, 0.5) is 4.39 Å². The van der Waals surface area contributed by atoms with Gasteiger partial charge in [-0.3, -0.25) is 0 Å². The van der Waals surface area contributed by atoms with Crippen LogP contribution in [0.1, 0.15) is 19.3 Å². The lowest BCUT2D eigenvalue weighted by molar-refractivity contribution is -0.0672. The number of benzene rings is 1. The second-order valence-corrected chi connectivity index (χ2v) is 7.57. The van der Waals surface area contributed by atoms with Crippen molar-refractivity contribution >= 4 is 10.0 Å². The molecule has 1 aliphatic heterocycles. The van der Waals surface area contributed by atoms with Crippen LogP contribution in [-0.4, -0.2) is 40.4 Å². The quantitative estimate of drug-likeness (QED) is 0.862. The third-order valence-electron chi connectivity index (χ3n) is 3.98. The van der Waals surface area contributed by atoms with Gasteiger partial charge in [0.05, 0.1) is 23.6 Å². The SMILES string of the molecule is O=S(=O)(N[C@@H]1CCOC[C@H]1OCC1CC1)c1ccc(F)cc1. The molecule has 1 saturated heterocycles. The molecular formula is C15H20FNO4S. The van der Waals surface area contributed by atoms with Crippen LogP contribution in [0.3, 0.4) is 0 Å². The van der Waals surface area contributed by atoms with Gasteiger partial charge in [-0.1, -0.05) is 0 Å². The van der Waals surface area contributed by atoms with Crippen molar-refractivity contribution in [1.29, 1.82) is 0 Å². The van der Waals surface area contributed by atoms with E-state index in [1.807, 2.05) is 0 Å². The fourth-order valence-corrected chi connectivity index (χ4v) is 3.73. The molecule has 0 aromatic heterocycles. The summed E-state index contributed by atoms with van der Waals surface area (Å²) in [6.45, 7) is 1.55. The van der Waals surface area contributed by atoms with E-state index in [9.17, 15) is 12.8 Å². The van der Waals surface area contributed by atoms with Crippen LogP contribution in [0, 0.1) is 11.7 Å². The summed E-state index contributed by atoms with van der Waals surface area (Å²) >= 11 is 0. The van der Waals surface area contributed by atoms with Gasteiger partial charge in [0, 0.05) is 13.2 Å². The molecule has 22 heavy (non-hydrogen) atoms. The lowest BCUT2D eigenvalue weighted by atomic mass is 10.1. The first-order valence-corrected chi connectivity index (χ1v) is 9.00. The van der Waals surface area contributed by atoms with E-state index in [2.05, 4.69) is 4.72 Å². The first-order valence-electron chi connectivity index (χ1n) is 7.52. The van der Waals surface area contributed by atoms with Gasteiger partial charge in [-0.2, -0.15) is 0 Å². The Labute approximate surface area is 129 Å². The topological polar surface area (TPSA) is 64.6 Å². The molecule has 7 heteroatoms. The van der Waals surface area contributed by atoms with Gasteiger partial charge in [0.1, 0.15) is 5.82 Å². The maximum absolute atomic E-state index is 12.9. The summed E-state index contributed by atoms with van der Waals surface area (Å²) in [5.41, 5.74) is 0. The number of nitrogens with one attached hydrogen (secondary N) is 1. The zero-order chi connectivity index (χ0) is 15.6. The van der Waals surface area contributed by atoms with Gasteiger partial charge >= 0.3 is 0 Å². The summed E-state index contributed by atoms with van der Waals surface area (Å²) in [5.74, 6) is 0.145. The monoisotopic (exact) mass is 329 g/mol. The van der Waals surface area contributed by atoms with Crippen LogP contribution < -0.4 is 4.72 Å². The lowest BCUT2D eigenvalue weighted by Crippen LogP contribution is -2.50. The molecule has 0 radical (unpaired) electrons. The Hall–Kier alpha value is -1.02. The van der Waals surface area contributed by atoms with Gasteiger partial charge in [0.2, 0.25) is 10.0 Å². The molecule has 1 aromatic carbocycles. The molecule has 0 amide bonds. The van der Waals surface area contributed by atoms with Crippen LogP contribution in [0.5, 0.6) is 0 Å². The highest BCUT2D eigenvalue weighted by molar-refractivity contribution is 7.89. The van der Waals surface area contributed by atoms with E-state index in [4.69, 9.17) is 9.47 Å². The fourth-order valence-electron chi connectivity index (χ4n) is 2.44. The van der Waals surface area contributed by atoms with Crippen LogP contribution in [0.2, 0.25) is 0 Å². The predicted molar refractivity (Wildman–Crippen MR) is 78.4 cm³/mol. The summed E-state index contributed by atoms with van der Waals surface area (Å²) in [7, 11) is -3.68. The van der Waals surface area contributed by atoms with E-state index in [1.54, 1.807) is 0 Å². The van der Waals surface area contributed by atoms with Gasteiger partial charge in [-0.25, -0.2) is 17.5 Å². The zero-order valence-corrected chi connectivity index (χ0v) is 13.0. The molecule has 0 bridgehead atoms. The fraction of sp³-hybridized carbons (Fsp3) is 0.600. The summed E-state index contributed by atoms with van der Waals surface area (Å²) in [6.07, 6.45) is 2.65. The van der Waals surface area contributed by atoms with Crippen molar-refractivity contribution in [1.82, 2.24) is 4.72 Å². The van der Waals surface area contributed by atoms with E-state index in [0.29, 0.717) is 32.2 Å². The Balaban J connectivity index is 1.66. The molecule has 122 valence electrons. The number of hydrogen-bond donors (Lipinski definition) is 1. The third-order valence-corrected chi connectivity index (χ3v) is 5.48. The standard InChI is InChI=1S/C15H20FNO4S/c16-12-3-5-13(6-4-12)22(18,19)17-14-7-8-20-10-15(14)21-9-11-1-2-11/h3-6,11,14-15,17H,1-2,7-10H2/t14-,15-/m1/s1. The number of halogens is 1. The van der Waals surface area contributed by atoms with Crippen molar-refractivity contribution in [3.63, 3.8) is 0 Å². The van der Waals surface area contributed by atoms with Gasteiger partial charge in [0.15, 0.2) is 0 Å². The second-order valence-electron chi connectivity index (χ2n) is 5.86. The highest BCUT2D eigenvalue weighted by atomic mass is 32.2. The van der Waals surface area contributed by atoms with E-state index in [0.717, 1.165) is 12.1 Å². The highest BCUT2D eigenvalue weighted by Crippen LogP contribution is 2.30. The smallest absolute Gasteiger partial charge is 0.240 e. The largest absolute Gasteiger partial charge is 0.379 e. The van der Waals surface area contributed by atoms with E-state index in [1.165, 1.54) is 25.0 Å². The Kier molecular flexibility index (Phi) is 4.77. The molecule has 1 aliphatic carbocycles. The van der Waals surface area contributed by atoms with Gasteiger partial charge < -0.3 is 9.47 Å². The molecule has 1 aromatic rings. The molecule has 5 nitrogen and oxygen atoms in total. The Bertz CT molecular complexity index is 600. The summed E-state index contributed by atoms with van der Waals surface area (Å²) in [4.78, 5) is 0.0568. The molecule has 3 rings (SSSR count). The third kappa shape index (κ3) is 4.04. The molecule has 2 fully saturated rings. The Morgan fingerprint density at radius 2 is 1.95 bits per heavy atom. The lowest BCUT2D eigenvalue weighted by Gasteiger charge is -2.31. The average molecular weight is 329 g/mol. The van der Waals surface area contributed by atoms with Gasteiger partial charge in [-0.05, 0) is 49.4 Å². The Morgan fingerprint density at radius 1 is 1.23 bits per heavy atom. The summed E-state index contributed by atoms with van der Waals surface area (Å²) in [5, 5.41) is 0. The van der Waals surface area contributed by atoms with Crippen molar-refractivity contribution < 1.29 is 22.3 Å². The molecule has 0 spiro atoms. The average Bonchev–Trinajstić information content (AvgIpc) is 3.31. The van der Waals surface area contributed by atoms with Crippen molar-refractivity contribution in [2.45, 2.75) is 36.3 Å². The second kappa shape index (κ2) is 6.62. The van der Waals surface area contributed by atoms with Crippen molar-refractivity contribution in [3.05, 3.63) is 30.1 Å². The van der Waals surface area contributed by atoms with Gasteiger partial charge in [-0.15, -0.1) is 0 Å². The minimum Gasteiger partial charge on any atom is -0.379 e. The van der Waals surface area contributed by atoms with Crippen LogP contribution in [0.25, 0.3) is 0 Å². The molecule has 0 unspecified atom stereocenters. The minimum absolute atomic E-state index is 0.0568. The van der Waals surface area contributed by atoms with Crippen molar-refractivity contribution in [2.24, 2.45) is 5.92 Å². The first kappa shape index (κ1) is 15.9. The van der Waals surface area contributed by atoms with E-state index in [-0.39, 0.29) is 17.0 Å². The normalized spacial score (nSPS) is 26.0. The van der Waals surface area contributed by atoms with Crippen LogP contribution in [-0.2, 0) is 19.5 Å². The molecule has 2 aliphatic rings. The zero-order valence-electron chi connectivity index (χ0n) is 12.2. The number of sulfonamides is 1. The molecule has 2 atom stereocenters. The number of rotatable bonds is 6. The maximum Gasteiger partial charge on any atom is 0.240 e. The number of hydrogen-bond acceptors (Lipinski definition) is 4. The first-order chi connectivity index (χ1) is 10.5. The van der Waals surface area contributed by atoms with Crippen molar-refractivity contribution in [2.75, 3.05) is 19.8 Å². The van der Waals surface area contributed by atoms with Crippen LogP contribution >= 0.6 is 0 Å². The number of ether oxygens (including phenoxy) is 2. The molecule has 1 saturated carbocycles. The molecule has 1 N–H and O–H groups in total. The maximum atomic E-state index is 12.9. The van der Waals surface area contributed by atoms with Crippen molar-refractivity contribution in [3.8, 4) is 0 Å². The highest BCUT2D eigenvalue weighted by Gasteiger charge is 2.32. The van der Waals surface area contributed by atoms with Gasteiger partial charge in [0.25, 0.3) is 0 Å².